The molecule has 1 aliphatic heterocycles. The van der Waals surface area contributed by atoms with Crippen LogP contribution in [0.15, 0.2) is 53.5 Å². The van der Waals surface area contributed by atoms with E-state index in [1.54, 1.807) is 4.90 Å². The third-order valence-electron chi connectivity index (χ3n) is 4.76. The van der Waals surface area contributed by atoms with E-state index in [9.17, 15) is 9.59 Å². The molecule has 1 amide bonds. The molecular weight excluding hydrogens is 316 g/mol. The zero-order valence-corrected chi connectivity index (χ0v) is 13.9. The molecular formula is C19H20N4O2. The molecule has 0 spiro atoms. The van der Waals surface area contributed by atoms with Gasteiger partial charge in [-0.05, 0) is 16.3 Å². The van der Waals surface area contributed by atoms with E-state index in [1.165, 1.54) is 22.5 Å². The van der Waals surface area contributed by atoms with E-state index < -0.39 is 0 Å². The summed E-state index contributed by atoms with van der Waals surface area (Å²) >= 11 is 0. The van der Waals surface area contributed by atoms with Crippen LogP contribution in [0.3, 0.4) is 0 Å². The number of carbonyl (C=O) groups is 1. The average molecular weight is 336 g/mol. The van der Waals surface area contributed by atoms with Crippen LogP contribution < -0.4 is 5.69 Å². The Morgan fingerprint density at radius 2 is 1.76 bits per heavy atom. The van der Waals surface area contributed by atoms with Crippen LogP contribution in [0.25, 0.3) is 10.8 Å². The topological polar surface area (TPSA) is 72.2 Å². The van der Waals surface area contributed by atoms with Gasteiger partial charge in [0.1, 0.15) is 5.69 Å². The van der Waals surface area contributed by atoms with Crippen LogP contribution in [0, 0.1) is 0 Å². The minimum Gasteiger partial charge on any atom is -0.335 e. The molecule has 1 fully saturated rings. The second-order valence-corrected chi connectivity index (χ2v) is 6.36. The fourth-order valence-electron chi connectivity index (χ4n) is 3.40. The number of H-pyrrole nitrogens is 2. The third-order valence-corrected chi connectivity index (χ3v) is 4.76. The number of amides is 1. The molecule has 1 aliphatic rings. The normalized spacial score (nSPS) is 15.6. The summed E-state index contributed by atoms with van der Waals surface area (Å²) in [5.41, 5.74) is 1.29. The van der Waals surface area contributed by atoms with Crippen molar-refractivity contribution in [2.24, 2.45) is 0 Å². The van der Waals surface area contributed by atoms with Crippen molar-refractivity contribution < 1.29 is 4.79 Å². The molecule has 0 saturated carbocycles. The third kappa shape index (κ3) is 3.21. The molecule has 2 aromatic carbocycles. The number of hydrogen-bond donors (Lipinski definition) is 2. The number of imidazole rings is 1. The van der Waals surface area contributed by atoms with Gasteiger partial charge in [-0.25, -0.2) is 4.79 Å². The molecule has 6 nitrogen and oxygen atoms in total. The molecule has 25 heavy (non-hydrogen) atoms. The lowest BCUT2D eigenvalue weighted by atomic mass is 10.0. The Balaban J connectivity index is 1.42. The molecule has 6 heteroatoms. The Morgan fingerprint density at radius 1 is 1.00 bits per heavy atom. The number of nitrogens with zero attached hydrogens (tertiary/aromatic N) is 2. The monoisotopic (exact) mass is 336 g/mol. The quantitative estimate of drug-likeness (QED) is 0.766. The SMILES string of the molecule is O=C(c1c[nH]c(=O)[nH]1)N1CCN(Cc2cccc3ccccc23)CC1. The van der Waals surface area contributed by atoms with Gasteiger partial charge in [0.25, 0.3) is 5.91 Å². The number of carbonyl (C=O) groups excluding carboxylic acids is 1. The first-order chi connectivity index (χ1) is 12.2. The first-order valence-corrected chi connectivity index (χ1v) is 8.47. The molecule has 2 heterocycles. The Labute approximate surface area is 145 Å². The molecule has 1 saturated heterocycles. The number of aromatic nitrogens is 2. The average Bonchev–Trinajstić information content (AvgIpc) is 3.08. The lowest BCUT2D eigenvalue weighted by molar-refractivity contribution is 0.0623. The Hall–Kier alpha value is -2.86. The summed E-state index contributed by atoms with van der Waals surface area (Å²) in [6, 6.07) is 14.8. The summed E-state index contributed by atoms with van der Waals surface area (Å²) in [6.45, 7) is 3.85. The zero-order valence-electron chi connectivity index (χ0n) is 13.9. The molecule has 4 rings (SSSR count). The predicted molar refractivity (Wildman–Crippen MR) is 96.5 cm³/mol. The summed E-state index contributed by atoms with van der Waals surface area (Å²) in [7, 11) is 0. The van der Waals surface area contributed by atoms with Crippen LogP contribution in [0.1, 0.15) is 16.1 Å². The second-order valence-electron chi connectivity index (χ2n) is 6.36. The molecule has 0 unspecified atom stereocenters. The van der Waals surface area contributed by atoms with Gasteiger partial charge in [0.05, 0.1) is 0 Å². The van der Waals surface area contributed by atoms with Crippen LogP contribution in [0.5, 0.6) is 0 Å². The van der Waals surface area contributed by atoms with Gasteiger partial charge in [-0.2, -0.15) is 0 Å². The van der Waals surface area contributed by atoms with Crippen molar-refractivity contribution in [2.75, 3.05) is 26.2 Å². The molecule has 3 aromatic rings. The molecule has 0 bridgehead atoms. The molecule has 0 radical (unpaired) electrons. The highest BCUT2D eigenvalue weighted by atomic mass is 16.2. The van der Waals surface area contributed by atoms with Crippen LogP contribution in [-0.4, -0.2) is 51.9 Å². The summed E-state index contributed by atoms with van der Waals surface area (Å²) in [6.07, 6.45) is 1.44. The number of rotatable bonds is 3. The van der Waals surface area contributed by atoms with Crippen LogP contribution >= 0.6 is 0 Å². The highest BCUT2D eigenvalue weighted by Crippen LogP contribution is 2.20. The predicted octanol–water partition coefficient (Wildman–Crippen LogP) is 1.81. The Morgan fingerprint density at radius 3 is 2.52 bits per heavy atom. The maximum atomic E-state index is 12.4. The first kappa shape index (κ1) is 15.7. The molecule has 0 atom stereocenters. The molecule has 1 aromatic heterocycles. The smallest absolute Gasteiger partial charge is 0.323 e. The van der Waals surface area contributed by atoms with Gasteiger partial charge in [0, 0.05) is 38.9 Å². The zero-order chi connectivity index (χ0) is 17.2. The van der Waals surface area contributed by atoms with Gasteiger partial charge >= 0.3 is 5.69 Å². The summed E-state index contributed by atoms with van der Waals surface area (Å²) in [5.74, 6) is -0.122. The summed E-state index contributed by atoms with van der Waals surface area (Å²) in [5, 5.41) is 2.54. The van der Waals surface area contributed by atoms with Crippen LogP contribution in [-0.2, 0) is 6.54 Å². The van der Waals surface area contributed by atoms with Crippen molar-refractivity contribution in [3.8, 4) is 0 Å². The van der Waals surface area contributed by atoms with Crippen molar-refractivity contribution >= 4 is 16.7 Å². The number of nitrogens with one attached hydrogen (secondary N) is 2. The number of aromatic amines is 2. The highest BCUT2D eigenvalue weighted by Gasteiger charge is 2.23. The van der Waals surface area contributed by atoms with Crippen molar-refractivity contribution in [3.63, 3.8) is 0 Å². The van der Waals surface area contributed by atoms with E-state index >= 15 is 0 Å². The lowest BCUT2D eigenvalue weighted by Crippen LogP contribution is -2.48. The van der Waals surface area contributed by atoms with Crippen LogP contribution in [0.4, 0.5) is 0 Å². The minimum atomic E-state index is -0.349. The van der Waals surface area contributed by atoms with Crippen molar-refractivity contribution in [1.29, 1.82) is 0 Å². The molecule has 0 aliphatic carbocycles. The van der Waals surface area contributed by atoms with Crippen LogP contribution in [0.2, 0.25) is 0 Å². The largest absolute Gasteiger partial charge is 0.335 e. The van der Waals surface area contributed by atoms with Gasteiger partial charge in [-0.3, -0.25) is 9.69 Å². The number of fused-ring (bicyclic) bond motifs is 1. The van der Waals surface area contributed by atoms with Gasteiger partial charge in [0.2, 0.25) is 0 Å². The van der Waals surface area contributed by atoms with E-state index in [-0.39, 0.29) is 11.6 Å². The van der Waals surface area contributed by atoms with E-state index in [0.29, 0.717) is 18.8 Å². The lowest BCUT2D eigenvalue weighted by Gasteiger charge is -2.34. The fraction of sp³-hybridized carbons (Fsp3) is 0.263. The Bertz CT molecular complexity index is 946. The van der Waals surface area contributed by atoms with Gasteiger partial charge in [-0.15, -0.1) is 0 Å². The van der Waals surface area contributed by atoms with Crippen molar-refractivity contribution in [1.82, 2.24) is 19.8 Å². The van der Waals surface area contributed by atoms with E-state index in [4.69, 9.17) is 0 Å². The number of hydrogen-bond acceptors (Lipinski definition) is 3. The second kappa shape index (κ2) is 6.57. The Kier molecular flexibility index (Phi) is 4.11. The summed E-state index contributed by atoms with van der Waals surface area (Å²) in [4.78, 5) is 32.7. The fourth-order valence-corrected chi connectivity index (χ4v) is 3.40. The first-order valence-electron chi connectivity index (χ1n) is 8.47. The van der Waals surface area contributed by atoms with E-state index in [2.05, 4.69) is 57.3 Å². The maximum absolute atomic E-state index is 12.4. The van der Waals surface area contributed by atoms with Gasteiger partial charge in [0.15, 0.2) is 0 Å². The highest BCUT2D eigenvalue weighted by molar-refractivity contribution is 5.92. The molecule has 2 N–H and O–H groups in total. The van der Waals surface area contributed by atoms with Gasteiger partial charge < -0.3 is 14.9 Å². The van der Waals surface area contributed by atoms with E-state index in [0.717, 1.165) is 19.6 Å². The standard InChI is InChI=1S/C19H20N4O2/c24-18(17-12-20-19(25)21-17)23-10-8-22(9-11-23)13-15-6-3-5-14-4-1-2-7-16(14)15/h1-7,12H,8-11,13H2,(H2,20,21,25). The van der Waals surface area contributed by atoms with Crippen molar-refractivity contribution in [3.05, 3.63) is 70.4 Å². The van der Waals surface area contributed by atoms with E-state index in [1.807, 2.05) is 0 Å². The minimum absolute atomic E-state index is 0.122. The summed E-state index contributed by atoms with van der Waals surface area (Å²) < 4.78 is 0. The maximum Gasteiger partial charge on any atom is 0.323 e. The number of benzene rings is 2. The number of piperazine rings is 1. The van der Waals surface area contributed by atoms with Gasteiger partial charge in [-0.1, -0.05) is 42.5 Å². The van der Waals surface area contributed by atoms with Crippen molar-refractivity contribution in [2.45, 2.75) is 6.54 Å². The molecule has 128 valence electrons.